The largest absolute Gasteiger partial charge is 0.479 e. The normalized spacial score (nSPS) is 12.8. The zero-order valence-electron chi connectivity index (χ0n) is 14.2. The van der Waals surface area contributed by atoms with Gasteiger partial charge in [0.1, 0.15) is 6.04 Å². The monoisotopic (exact) mass is 360 g/mol. The highest BCUT2D eigenvalue weighted by Crippen LogP contribution is 2.24. The molecule has 0 fully saturated rings. The number of amides is 1. The molecule has 6 nitrogen and oxygen atoms in total. The topological polar surface area (TPSA) is 88.5 Å². The smallest absolute Gasteiger partial charge is 0.330 e. The molecule has 2 rings (SSSR count). The van der Waals surface area contributed by atoms with Gasteiger partial charge >= 0.3 is 5.97 Å². The predicted molar refractivity (Wildman–Crippen MR) is 96.1 cm³/mol. The maximum absolute atomic E-state index is 12.2. The van der Waals surface area contributed by atoms with Gasteiger partial charge < -0.3 is 15.2 Å². The Morgan fingerprint density at radius 3 is 2.60 bits per heavy atom. The number of ether oxygens (including phenoxy) is 1. The van der Waals surface area contributed by atoms with Crippen LogP contribution in [0.2, 0.25) is 0 Å². The van der Waals surface area contributed by atoms with Gasteiger partial charge in [-0.2, -0.15) is 0 Å². The molecule has 25 heavy (non-hydrogen) atoms. The molecule has 0 bridgehead atoms. The van der Waals surface area contributed by atoms with Crippen molar-refractivity contribution >= 4 is 23.2 Å². The van der Waals surface area contributed by atoms with Crippen molar-refractivity contribution in [2.45, 2.75) is 26.8 Å². The van der Waals surface area contributed by atoms with Gasteiger partial charge in [0.2, 0.25) is 5.88 Å². The first-order valence-electron chi connectivity index (χ1n) is 7.65. The fourth-order valence-electron chi connectivity index (χ4n) is 1.80. The minimum absolute atomic E-state index is 0.180. The number of hydrogen-bond acceptors (Lipinski definition) is 5. The molecule has 132 valence electrons. The van der Waals surface area contributed by atoms with Gasteiger partial charge in [-0.3, -0.25) is 4.79 Å². The molecule has 7 heteroatoms. The van der Waals surface area contributed by atoms with Crippen molar-refractivity contribution in [3.05, 3.63) is 53.6 Å². The fraction of sp³-hybridized carbons (Fsp3) is 0.278. The van der Waals surface area contributed by atoms with Crippen molar-refractivity contribution < 1.29 is 19.4 Å². The van der Waals surface area contributed by atoms with E-state index in [1.807, 2.05) is 38.3 Å². The summed E-state index contributed by atoms with van der Waals surface area (Å²) in [6.45, 7) is 5.83. The van der Waals surface area contributed by atoms with Crippen LogP contribution >= 0.6 is 11.3 Å². The van der Waals surface area contributed by atoms with Crippen LogP contribution in [0, 0.1) is 5.41 Å². The van der Waals surface area contributed by atoms with Crippen LogP contribution in [0.1, 0.15) is 31.1 Å². The molecule has 0 aliphatic carbocycles. The lowest BCUT2D eigenvalue weighted by atomic mass is 9.95. The standard InChI is InChI=1S/C18H20N2O4S/c1-18(2,3)9-8-13(17(22)23)20-16(21)12-6-7-14(19-11-12)24-15-5-4-10-25-15/h4-11,13H,1-3H3,(H,20,21)(H,22,23)/b9-8+. The quantitative estimate of drug-likeness (QED) is 0.767. The Morgan fingerprint density at radius 2 is 2.08 bits per heavy atom. The number of carbonyl (C=O) groups excluding carboxylic acids is 1. The van der Waals surface area contributed by atoms with Crippen molar-refractivity contribution in [1.82, 2.24) is 10.3 Å². The second kappa shape index (κ2) is 7.94. The van der Waals surface area contributed by atoms with Gasteiger partial charge in [0.15, 0.2) is 5.06 Å². The molecule has 0 saturated heterocycles. The Labute approximate surface area is 150 Å². The van der Waals surface area contributed by atoms with E-state index in [9.17, 15) is 14.7 Å². The van der Waals surface area contributed by atoms with Crippen LogP contribution in [-0.2, 0) is 4.79 Å². The molecule has 0 spiro atoms. The molecule has 1 atom stereocenters. The molecule has 0 radical (unpaired) electrons. The number of carboxylic acid groups (broad SMARTS) is 1. The van der Waals surface area contributed by atoms with Crippen LogP contribution in [-0.4, -0.2) is 28.0 Å². The predicted octanol–water partition coefficient (Wildman–Crippen LogP) is 3.72. The highest BCUT2D eigenvalue weighted by atomic mass is 32.1. The van der Waals surface area contributed by atoms with E-state index in [-0.39, 0.29) is 11.0 Å². The molecule has 2 aromatic rings. The Hall–Kier alpha value is -2.67. The first-order valence-corrected chi connectivity index (χ1v) is 8.53. The van der Waals surface area contributed by atoms with Crippen molar-refractivity contribution in [3.8, 4) is 10.9 Å². The lowest BCUT2D eigenvalue weighted by Crippen LogP contribution is -2.39. The zero-order chi connectivity index (χ0) is 18.4. The minimum Gasteiger partial charge on any atom is -0.479 e. The van der Waals surface area contributed by atoms with E-state index in [1.165, 1.54) is 29.7 Å². The molecule has 1 unspecified atom stereocenters. The van der Waals surface area contributed by atoms with Gasteiger partial charge in [0, 0.05) is 12.3 Å². The highest BCUT2D eigenvalue weighted by molar-refractivity contribution is 7.11. The van der Waals surface area contributed by atoms with Crippen molar-refractivity contribution in [2.75, 3.05) is 0 Å². The summed E-state index contributed by atoms with van der Waals surface area (Å²) in [4.78, 5) is 27.6. The first kappa shape index (κ1) is 18.7. The number of rotatable bonds is 6. The van der Waals surface area contributed by atoms with E-state index in [0.29, 0.717) is 10.9 Å². The molecule has 1 amide bonds. The van der Waals surface area contributed by atoms with Crippen LogP contribution in [0.25, 0.3) is 0 Å². The van der Waals surface area contributed by atoms with Crippen molar-refractivity contribution in [2.24, 2.45) is 5.41 Å². The molecular formula is C18H20N2O4S. The average Bonchev–Trinajstić information content (AvgIpc) is 3.03. The number of carboxylic acids is 1. The summed E-state index contributed by atoms with van der Waals surface area (Å²) in [7, 11) is 0. The molecule has 2 N–H and O–H groups in total. The molecule has 0 aliphatic heterocycles. The van der Waals surface area contributed by atoms with Crippen molar-refractivity contribution in [3.63, 3.8) is 0 Å². The third kappa shape index (κ3) is 6.04. The third-order valence-electron chi connectivity index (χ3n) is 3.04. The number of aliphatic carboxylic acids is 1. The summed E-state index contributed by atoms with van der Waals surface area (Å²) in [5.74, 6) is -1.28. The van der Waals surface area contributed by atoms with Crippen LogP contribution < -0.4 is 10.1 Å². The van der Waals surface area contributed by atoms with E-state index in [4.69, 9.17) is 4.74 Å². The number of carbonyl (C=O) groups is 2. The van der Waals surface area contributed by atoms with Crippen LogP contribution in [0.15, 0.2) is 48.0 Å². The maximum atomic E-state index is 12.2. The van der Waals surface area contributed by atoms with Crippen LogP contribution in [0.4, 0.5) is 0 Å². The number of thiophene rings is 1. The fourth-order valence-corrected chi connectivity index (χ4v) is 2.38. The summed E-state index contributed by atoms with van der Waals surface area (Å²) in [5, 5.41) is 14.3. The van der Waals surface area contributed by atoms with Gasteiger partial charge in [0.05, 0.1) is 5.56 Å². The summed E-state index contributed by atoms with van der Waals surface area (Å²) in [6, 6.07) is 5.67. The Balaban J connectivity index is 2.03. The number of nitrogens with one attached hydrogen (secondary N) is 1. The van der Waals surface area contributed by atoms with Crippen LogP contribution in [0.3, 0.4) is 0 Å². The molecule has 0 aromatic carbocycles. The van der Waals surface area contributed by atoms with E-state index in [1.54, 1.807) is 12.1 Å². The first-order chi connectivity index (χ1) is 11.7. The number of hydrogen-bond donors (Lipinski definition) is 2. The lowest BCUT2D eigenvalue weighted by Gasteiger charge is -2.15. The van der Waals surface area contributed by atoms with E-state index in [0.717, 1.165) is 0 Å². The summed E-state index contributed by atoms with van der Waals surface area (Å²) in [6.07, 6.45) is 4.58. The van der Waals surface area contributed by atoms with Crippen molar-refractivity contribution in [1.29, 1.82) is 0 Å². The van der Waals surface area contributed by atoms with Gasteiger partial charge in [-0.25, -0.2) is 9.78 Å². The van der Waals surface area contributed by atoms with E-state index < -0.39 is 17.9 Å². The lowest BCUT2D eigenvalue weighted by molar-refractivity contribution is -0.137. The molecule has 0 saturated carbocycles. The molecule has 2 aromatic heterocycles. The Kier molecular flexibility index (Phi) is 5.93. The van der Waals surface area contributed by atoms with Gasteiger partial charge in [-0.15, -0.1) is 11.3 Å². The van der Waals surface area contributed by atoms with Crippen LogP contribution in [0.5, 0.6) is 10.9 Å². The summed E-state index contributed by atoms with van der Waals surface area (Å²) >= 11 is 1.43. The van der Waals surface area contributed by atoms with E-state index in [2.05, 4.69) is 10.3 Å². The third-order valence-corrected chi connectivity index (χ3v) is 3.79. The minimum atomic E-state index is -1.13. The highest BCUT2D eigenvalue weighted by Gasteiger charge is 2.19. The second-order valence-corrected chi connectivity index (χ2v) is 7.34. The zero-order valence-corrected chi connectivity index (χ0v) is 15.0. The SMILES string of the molecule is CC(C)(C)/C=C/C(NC(=O)c1ccc(Oc2cccs2)nc1)C(=O)O. The number of pyridine rings is 1. The molecule has 2 heterocycles. The summed E-state index contributed by atoms with van der Waals surface area (Å²) in [5.41, 5.74) is 0.0785. The van der Waals surface area contributed by atoms with Gasteiger partial charge in [-0.05, 0) is 29.0 Å². The number of allylic oxidation sites excluding steroid dienone is 1. The van der Waals surface area contributed by atoms with Gasteiger partial charge in [0.25, 0.3) is 5.91 Å². The number of aromatic nitrogens is 1. The maximum Gasteiger partial charge on any atom is 0.330 e. The second-order valence-electron chi connectivity index (χ2n) is 6.43. The molecule has 0 aliphatic rings. The molecular weight excluding hydrogens is 340 g/mol. The summed E-state index contributed by atoms with van der Waals surface area (Å²) < 4.78 is 5.52. The van der Waals surface area contributed by atoms with Gasteiger partial charge in [-0.1, -0.05) is 32.9 Å². The Morgan fingerprint density at radius 1 is 1.32 bits per heavy atom. The van der Waals surface area contributed by atoms with E-state index >= 15 is 0 Å². The average molecular weight is 360 g/mol. The number of nitrogens with zero attached hydrogens (tertiary/aromatic N) is 1. The Bertz CT molecular complexity index is 746.